The Kier molecular flexibility index (Phi) is 4.53. The SMILES string of the molecule is Cc1ccc(C(=O)N2CCN(c3ccc(F)cc3F)C(=O)[C@H]2C)cc1. The van der Waals surface area contributed by atoms with Crippen LogP contribution in [-0.2, 0) is 4.79 Å². The van der Waals surface area contributed by atoms with Gasteiger partial charge in [-0.15, -0.1) is 0 Å². The van der Waals surface area contributed by atoms with Gasteiger partial charge in [0.15, 0.2) is 0 Å². The summed E-state index contributed by atoms with van der Waals surface area (Å²) in [6.07, 6.45) is 0. The van der Waals surface area contributed by atoms with Crippen molar-refractivity contribution in [1.29, 1.82) is 0 Å². The number of rotatable bonds is 2. The molecule has 1 heterocycles. The average Bonchev–Trinajstić information content (AvgIpc) is 2.58. The molecule has 2 aromatic carbocycles. The van der Waals surface area contributed by atoms with Gasteiger partial charge in [-0.3, -0.25) is 9.59 Å². The summed E-state index contributed by atoms with van der Waals surface area (Å²) in [6.45, 7) is 3.97. The fourth-order valence-electron chi connectivity index (χ4n) is 2.95. The first kappa shape index (κ1) is 17.1. The molecule has 1 aliphatic rings. The van der Waals surface area contributed by atoms with Gasteiger partial charge in [0, 0.05) is 24.7 Å². The zero-order chi connectivity index (χ0) is 18.1. The summed E-state index contributed by atoms with van der Waals surface area (Å²) in [5.74, 6) is -2.12. The highest BCUT2D eigenvalue weighted by molar-refractivity contribution is 6.03. The molecule has 0 unspecified atom stereocenters. The number of benzene rings is 2. The van der Waals surface area contributed by atoms with Gasteiger partial charge in [0.2, 0.25) is 5.91 Å². The molecule has 0 radical (unpaired) electrons. The maximum atomic E-state index is 14.0. The third-order valence-electron chi connectivity index (χ3n) is 4.42. The quantitative estimate of drug-likeness (QED) is 0.840. The van der Waals surface area contributed by atoms with Crippen LogP contribution in [0.25, 0.3) is 0 Å². The van der Waals surface area contributed by atoms with Crippen LogP contribution < -0.4 is 4.90 Å². The fourth-order valence-corrected chi connectivity index (χ4v) is 2.95. The Morgan fingerprint density at radius 3 is 2.40 bits per heavy atom. The van der Waals surface area contributed by atoms with Gasteiger partial charge in [-0.25, -0.2) is 8.78 Å². The molecule has 0 bridgehead atoms. The predicted molar refractivity (Wildman–Crippen MR) is 90.4 cm³/mol. The van der Waals surface area contributed by atoms with Gasteiger partial charge in [0.05, 0.1) is 5.69 Å². The molecular formula is C19H18F2N2O2. The molecule has 0 saturated carbocycles. The lowest BCUT2D eigenvalue weighted by molar-refractivity contribution is -0.124. The van der Waals surface area contributed by atoms with E-state index in [1.165, 1.54) is 15.9 Å². The molecule has 2 amide bonds. The van der Waals surface area contributed by atoms with Crippen LogP contribution in [0, 0.1) is 18.6 Å². The molecule has 1 atom stereocenters. The lowest BCUT2D eigenvalue weighted by Gasteiger charge is -2.39. The molecule has 4 nitrogen and oxygen atoms in total. The third kappa shape index (κ3) is 3.24. The van der Waals surface area contributed by atoms with E-state index in [4.69, 9.17) is 0 Å². The summed E-state index contributed by atoms with van der Waals surface area (Å²) in [6, 6.07) is 9.49. The summed E-state index contributed by atoms with van der Waals surface area (Å²) >= 11 is 0. The van der Waals surface area contributed by atoms with E-state index in [9.17, 15) is 18.4 Å². The van der Waals surface area contributed by atoms with Gasteiger partial charge >= 0.3 is 0 Å². The van der Waals surface area contributed by atoms with Gasteiger partial charge in [-0.2, -0.15) is 0 Å². The van der Waals surface area contributed by atoms with E-state index in [0.717, 1.165) is 17.7 Å². The average molecular weight is 344 g/mol. The number of carbonyl (C=O) groups excluding carboxylic acids is 2. The van der Waals surface area contributed by atoms with E-state index < -0.39 is 23.6 Å². The first-order valence-electron chi connectivity index (χ1n) is 8.02. The van der Waals surface area contributed by atoms with E-state index in [-0.39, 0.29) is 24.7 Å². The first-order valence-corrected chi connectivity index (χ1v) is 8.02. The normalized spacial score (nSPS) is 17.8. The molecule has 25 heavy (non-hydrogen) atoms. The van der Waals surface area contributed by atoms with Gasteiger partial charge in [-0.05, 0) is 38.1 Å². The molecule has 1 fully saturated rings. The van der Waals surface area contributed by atoms with Crippen molar-refractivity contribution in [3.05, 3.63) is 65.2 Å². The standard InChI is InChI=1S/C19H18F2N2O2/c1-12-3-5-14(6-4-12)19(25)22-9-10-23(18(24)13(22)2)17-8-7-15(20)11-16(17)21/h3-8,11,13H,9-10H2,1-2H3/t13-/m1/s1. The summed E-state index contributed by atoms with van der Waals surface area (Å²) in [4.78, 5) is 28.0. The van der Waals surface area contributed by atoms with Crippen molar-refractivity contribution >= 4 is 17.5 Å². The van der Waals surface area contributed by atoms with Crippen LogP contribution in [0.1, 0.15) is 22.8 Å². The first-order chi connectivity index (χ1) is 11.9. The van der Waals surface area contributed by atoms with Crippen molar-refractivity contribution < 1.29 is 18.4 Å². The topological polar surface area (TPSA) is 40.6 Å². The van der Waals surface area contributed by atoms with Crippen LogP contribution in [0.4, 0.5) is 14.5 Å². The minimum Gasteiger partial charge on any atom is -0.325 e. The van der Waals surface area contributed by atoms with Crippen molar-refractivity contribution in [1.82, 2.24) is 4.90 Å². The van der Waals surface area contributed by atoms with Gasteiger partial charge in [0.25, 0.3) is 5.91 Å². The van der Waals surface area contributed by atoms with Crippen LogP contribution in [-0.4, -0.2) is 35.8 Å². The molecule has 0 aromatic heterocycles. The zero-order valence-electron chi connectivity index (χ0n) is 14.0. The van der Waals surface area contributed by atoms with Crippen molar-refractivity contribution in [3.8, 4) is 0 Å². The number of nitrogens with zero attached hydrogens (tertiary/aromatic N) is 2. The molecule has 2 aromatic rings. The number of hydrogen-bond donors (Lipinski definition) is 0. The summed E-state index contributed by atoms with van der Waals surface area (Å²) in [7, 11) is 0. The van der Waals surface area contributed by atoms with Crippen molar-refractivity contribution in [2.24, 2.45) is 0 Å². The fraction of sp³-hybridized carbons (Fsp3) is 0.263. The van der Waals surface area contributed by atoms with Crippen molar-refractivity contribution in [3.63, 3.8) is 0 Å². The zero-order valence-corrected chi connectivity index (χ0v) is 14.0. The van der Waals surface area contributed by atoms with Gasteiger partial charge < -0.3 is 9.80 Å². The summed E-state index contributed by atoms with van der Waals surface area (Å²) < 4.78 is 27.1. The van der Waals surface area contributed by atoms with Crippen LogP contribution in [0.15, 0.2) is 42.5 Å². The Morgan fingerprint density at radius 1 is 1.08 bits per heavy atom. The number of anilines is 1. The largest absolute Gasteiger partial charge is 0.325 e. The maximum Gasteiger partial charge on any atom is 0.254 e. The molecule has 0 N–H and O–H groups in total. The van der Waals surface area contributed by atoms with Gasteiger partial charge in [-0.1, -0.05) is 17.7 Å². The number of amides is 2. The minimum atomic E-state index is -0.793. The molecule has 130 valence electrons. The Bertz CT molecular complexity index is 821. The summed E-state index contributed by atoms with van der Waals surface area (Å²) in [5.41, 5.74) is 1.57. The number of halogens is 2. The summed E-state index contributed by atoms with van der Waals surface area (Å²) in [5, 5.41) is 0. The third-order valence-corrected chi connectivity index (χ3v) is 4.42. The van der Waals surface area contributed by atoms with Crippen LogP contribution in [0.3, 0.4) is 0 Å². The van der Waals surface area contributed by atoms with Crippen LogP contribution >= 0.6 is 0 Å². The second kappa shape index (κ2) is 6.63. The van der Waals surface area contributed by atoms with Crippen molar-refractivity contribution in [2.75, 3.05) is 18.0 Å². The number of aryl methyl sites for hydroxylation is 1. The lowest BCUT2D eigenvalue weighted by Crippen LogP contribution is -2.58. The number of carbonyl (C=O) groups is 2. The highest BCUT2D eigenvalue weighted by Gasteiger charge is 2.36. The highest BCUT2D eigenvalue weighted by Crippen LogP contribution is 2.25. The molecule has 0 spiro atoms. The smallest absolute Gasteiger partial charge is 0.254 e. The number of hydrogen-bond acceptors (Lipinski definition) is 2. The van der Waals surface area contributed by atoms with Gasteiger partial charge in [0.1, 0.15) is 17.7 Å². The second-order valence-corrected chi connectivity index (χ2v) is 6.13. The van der Waals surface area contributed by atoms with E-state index in [1.54, 1.807) is 19.1 Å². The Labute approximate surface area is 144 Å². The molecular weight excluding hydrogens is 326 g/mol. The Morgan fingerprint density at radius 2 is 1.76 bits per heavy atom. The van der Waals surface area contributed by atoms with Crippen LogP contribution in [0.5, 0.6) is 0 Å². The highest BCUT2D eigenvalue weighted by atomic mass is 19.1. The van der Waals surface area contributed by atoms with E-state index in [2.05, 4.69) is 0 Å². The predicted octanol–water partition coefficient (Wildman–Crippen LogP) is 3.15. The second-order valence-electron chi connectivity index (χ2n) is 6.13. The Balaban J connectivity index is 1.81. The molecule has 0 aliphatic carbocycles. The maximum absolute atomic E-state index is 14.0. The van der Waals surface area contributed by atoms with Crippen molar-refractivity contribution in [2.45, 2.75) is 19.9 Å². The Hall–Kier alpha value is -2.76. The van der Waals surface area contributed by atoms with Crippen LogP contribution in [0.2, 0.25) is 0 Å². The molecule has 1 aliphatic heterocycles. The molecule has 6 heteroatoms. The van der Waals surface area contributed by atoms with E-state index >= 15 is 0 Å². The molecule has 3 rings (SSSR count). The molecule has 1 saturated heterocycles. The number of piperazine rings is 1. The van der Waals surface area contributed by atoms with E-state index in [0.29, 0.717) is 5.56 Å². The lowest BCUT2D eigenvalue weighted by atomic mass is 10.1. The minimum absolute atomic E-state index is 0.0284. The van der Waals surface area contributed by atoms with E-state index in [1.807, 2.05) is 19.1 Å². The monoisotopic (exact) mass is 344 g/mol.